The molecule has 0 aliphatic carbocycles. The zero-order chi connectivity index (χ0) is 22.4. The van der Waals surface area contributed by atoms with Crippen LogP contribution in [0.25, 0.3) is 0 Å². The van der Waals surface area contributed by atoms with Gasteiger partial charge in [0.05, 0.1) is 39.6 Å². The summed E-state index contributed by atoms with van der Waals surface area (Å²) < 4.78 is 16.7. The first kappa shape index (κ1) is 27.6. The lowest BCUT2D eigenvalue weighted by molar-refractivity contribution is 0.0536. The zero-order valence-electron chi connectivity index (χ0n) is 19.9. The van der Waals surface area contributed by atoms with Gasteiger partial charge in [0, 0.05) is 32.7 Å². The Balaban J connectivity index is 0.00000385. The summed E-state index contributed by atoms with van der Waals surface area (Å²) in [6.45, 7) is 8.93. The van der Waals surface area contributed by atoms with Gasteiger partial charge < -0.3 is 24.4 Å². The minimum absolute atomic E-state index is 0. The topological polar surface area (TPSA) is 55.3 Å². The molecule has 3 rings (SSSR count). The molecule has 0 spiro atoms. The predicted octanol–water partition coefficient (Wildman–Crippen LogP) is 4.47. The summed E-state index contributed by atoms with van der Waals surface area (Å²) in [4.78, 5) is 7.26. The highest BCUT2D eigenvalue weighted by atomic mass is 127. The Labute approximate surface area is 215 Å². The number of methoxy groups -OCH3 is 1. The van der Waals surface area contributed by atoms with Crippen molar-refractivity contribution in [2.24, 2.45) is 10.9 Å². The normalized spacial score (nSPS) is 16.0. The molecular weight excluding hydrogens is 529 g/mol. The van der Waals surface area contributed by atoms with E-state index in [0.717, 1.165) is 38.6 Å². The van der Waals surface area contributed by atoms with E-state index >= 15 is 0 Å². The van der Waals surface area contributed by atoms with E-state index in [0.29, 0.717) is 38.9 Å². The van der Waals surface area contributed by atoms with Crippen LogP contribution in [-0.2, 0) is 34.0 Å². The quantitative estimate of drug-likeness (QED) is 0.178. The summed E-state index contributed by atoms with van der Waals surface area (Å²) in [7, 11) is 1.70. The van der Waals surface area contributed by atoms with Crippen molar-refractivity contribution in [3.8, 4) is 0 Å². The molecule has 0 saturated carbocycles. The van der Waals surface area contributed by atoms with Crippen LogP contribution in [-0.4, -0.2) is 57.4 Å². The molecule has 0 amide bonds. The minimum atomic E-state index is 0. The second kappa shape index (κ2) is 16.0. The van der Waals surface area contributed by atoms with Crippen molar-refractivity contribution in [3.05, 3.63) is 71.3 Å². The molecule has 1 unspecified atom stereocenters. The number of halogens is 1. The van der Waals surface area contributed by atoms with Crippen molar-refractivity contribution < 1.29 is 14.2 Å². The number of hydrogen-bond donors (Lipinski definition) is 1. The van der Waals surface area contributed by atoms with Crippen molar-refractivity contribution in [2.75, 3.05) is 46.6 Å². The van der Waals surface area contributed by atoms with Gasteiger partial charge in [0.1, 0.15) is 0 Å². The van der Waals surface area contributed by atoms with Crippen LogP contribution >= 0.6 is 24.0 Å². The molecule has 6 nitrogen and oxygen atoms in total. The highest BCUT2D eigenvalue weighted by Crippen LogP contribution is 2.17. The van der Waals surface area contributed by atoms with Crippen LogP contribution in [0, 0.1) is 5.92 Å². The third-order valence-electron chi connectivity index (χ3n) is 5.49. The van der Waals surface area contributed by atoms with Gasteiger partial charge in [-0.25, -0.2) is 4.99 Å². The van der Waals surface area contributed by atoms with Crippen molar-refractivity contribution in [3.63, 3.8) is 0 Å². The van der Waals surface area contributed by atoms with Crippen molar-refractivity contribution in [2.45, 2.75) is 33.1 Å². The molecule has 33 heavy (non-hydrogen) atoms. The monoisotopic (exact) mass is 567 g/mol. The summed E-state index contributed by atoms with van der Waals surface area (Å²) in [5.74, 6) is 1.53. The molecular formula is C26H38IN3O3. The maximum atomic E-state index is 5.89. The van der Waals surface area contributed by atoms with Crippen LogP contribution in [0.15, 0.2) is 59.6 Å². The maximum Gasteiger partial charge on any atom is 0.194 e. The predicted molar refractivity (Wildman–Crippen MR) is 144 cm³/mol. The molecule has 0 bridgehead atoms. The molecule has 0 aromatic heterocycles. The fourth-order valence-corrected chi connectivity index (χ4v) is 3.82. The summed E-state index contributed by atoms with van der Waals surface area (Å²) in [5.41, 5.74) is 3.56. The standard InChI is InChI=1S/C26H37N3O3.HI/c1-3-27-26(29-13-12-25(18-29)21-31-15-14-30-2)28-17-23-10-7-11-24(16-23)20-32-19-22-8-5-4-6-9-22;/h4-11,16,25H,3,12-15,17-21H2,1-2H3,(H,27,28);1H. The first-order valence-electron chi connectivity index (χ1n) is 11.6. The first-order chi connectivity index (χ1) is 15.8. The highest BCUT2D eigenvalue weighted by molar-refractivity contribution is 14.0. The molecule has 1 fully saturated rings. The van der Waals surface area contributed by atoms with Gasteiger partial charge in [-0.15, -0.1) is 24.0 Å². The van der Waals surface area contributed by atoms with Gasteiger partial charge >= 0.3 is 0 Å². The molecule has 2 aromatic rings. The van der Waals surface area contributed by atoms with Gasteiger partial charge in [-0.2, -0.15) is 0 Å². The molecule has 7 heteroatoms. The number of likely N-dealkylation sites (tertiary alicyclic amines) is 1. The Morgan fingerprint density at radius 1 is 1.00 bits per heavy atom. The largest absolute Gasteiger partial charge is 0.382 e. The smallest absolute Gasteiger partial charge is 0.194 e. The molecule has 1 heterocycles. The molecule has 182 valence electrons. The fourth-order valence-electron chi connectivity index (χ4n) is 3.82. The van der Waals surface area contributed by atoms with Gasteiger partial charge in [0.2, 0.25) is 0 Å². The van der Waals surface area contributed by atoms with E-state index in [1.807, 2.05) is 18.2 Å². The summed E-state index contributed by atoms with van der Waals surface area (Å²) >= 11 is 0. The number of nitrogens with zero attached hydrogens (tertiary/aromatic N) is 2. The van der Waals surface area contributed by atoms with Crippen LogP contribution in [0.5, 0.6) is 0 Å². The van der Waals surface area contributed by atoms with Crippen LogP contribution < -0.4 is 5.32 Å². The van der Waals surface area contributed by atoms with Gasteiger partial charge in [-0.05, 0) is 30.0 Å². The van der Waals surface area contributed by atoms with Crippen molar-refractivity contribution in [1.29, 1.82) is 0 Å². The maximum absolute atomic E-state index is 5.89. The first-order valence-corrected chi connectivity index (χ1v) is 11.6. The number of ether oxygens (including phenoxy) is 3. The van der Waals surface area contributed by atoms with Crippen LogP contribution in [0.2, 0.25) is 0 Å². The van der Waals surface area contributed by atoms with E-state index in [1.165, 1.54) is 16.7 Å². The molecule has 1 saturated heterocycles. The Hall–Kier alpha value is -1.68. The van der Waals surface area contributed by atoms with Gasteiger partial charge in [-0.3, -0.25) is 0 Å². The average Bonchev–Trinajstić information content (AvgIpc) is 3.29. The Morgan fingerprint density at radius 3 is 2.55 bits per heavy atom. The summed E-state index contributed by atoms with van der Waals surface area (Å²) in [5, 5.41) is 3.45. The summed E-state index contributed by atoms with van der Waals surface area (Å²) in [6, 6.07) is 18.8. The highest BCUT2D eigenvalue weighted by Gasteiger charge is 2.24. The lowest BCUT2D eigenvalue weighted by Crippen LogP contribution is -2.40. The lowest BCUT2D eigenvalue weighted by Gasteiger charge is -2.21. The SMILES string of the molecule is CCNC(=NCc1cccc(COCc2ccccc2)c1)N1CCC(COCCOC)C1.I. The number of hydrogen-bond acceptors (Lipinski definition) is 4. The van der Waals surface area contributed by atoms with Crippen LogP contribution in [0.3, 0.4) is 0 Å². The third-order valence-corrected chi connectivity index (χ3v) is 5.49. The molecule has 1 aliphatic heterocycles. The van der Waals surface area contributed by atoms with Crippen LogP contribution in [0.4, 0.5) is 0 Å². The second-order valence-corrected chi connectivity index (χ2v) is 8.14. The molecule has 2 aromatic carbocycles. The number of rotatable bonds is 12. The van der Waals surface area contributed by atoms with Gasteiger partial charge in [0.15, 0.2) is 5.96 Å². The zero-order valence-corrected chi connectivity index (χ0v) is 22.2. The molecule has 1 N–H and O–H groups in total. The van der Waals surface area contributed by atoms with E-state index in [4.69, 9.17) is 19.2 Å². The second-order valence-electron chi connectivity index (χ2n) is 8.14. The molecule has 1 atom stereocenters. The number of guanidine groups is 1. The fraction of sp³-hybridized carbons (Fsp3) is 0.500. The van der Waals surface area contributed by atoms with E-state index in [-0.39, 0.29) is 24.0 Å². The van der Waals surface area contributed by atoms with E-state index in [9.17, 15) is 0 Å². The average molecular weight is 568 g/mol. The molecule has 1 aliphatic rings. The molecule has 0 radical (unpaired) electrons. The number of benzene rings is 2. The Kier molecular flexibility index (Phi) is 13.4. The van der Waals surface area contributed by atoms with Gasteiger partial charge in [-0.1, -0.05) is 54.6 Å². The van der Waals surface area contributed by atoms with E-state index < -0.39 is 0 Å². The van der Waals surface area contributed by atoms with Gasteiger partial charge in [0.25, 0.3) is 0 Å². The van der Waals surface area contributed by atoms with E-state index in [1.54, 1.807) is 7.11 Å². The minimum Gasteiger partial charge on any atom is -0.382 e. The number of aliphatic imine (C=N–C) groups is 1. The summed E-state index contributed by atoms with van der Waals surface area (Å²) in [6.07, 6.45) is 1.13. The van der Waals surface area contributed by atoms with Crippen molar-refractivity contribution in [1.82, 2.24) is 10.2 Å². The Morgan fingerprint density at radius 2 is 1.76 bits per heavy atom. The number of nitrogens with one attached hydrogen (secondary N) is 1. The Bertz CT molecular complexity index is 819. The lowest BCUT2D eigenvalue weighted by atomic mass is 10.1. The van der Waals surface area contributed by atoms with E-state index in [2.05, 4.69) is 53.5 Å². The van der Waals surface area contributed by atoms with Crippen molar-refractivity contribution >= 4 is 29.9 Å². The van der Waals surface area contributed by atoms with Crippen LogP contribution in [0.1, 0.15) is 30.0 Å². The third kappa shape index (κ3) is 10.00.